The van der Waals surface area contributed by atoms with E-state index in [9.17, 15) is 19.8 Å². The van der Waals surface area contributed by atoms with Gasteiger partial charge in [0.2, 0.25) is 0 Å². The van der Waals surface area contributed by atoms with Gasteiger partial charge in [0.1, 0.15) is 11.5 Å². The molecule has 0 spiro atoms. The fraction of sp³-hybridized carbons (Fsp3) is 0.364. The molecule has 7 heteroatoms. The number of hydrogen-bond acceptors (Lipinski definition) is 3. The Labute approximate surface area is 171 Å². The third-order valence-electron chi connectivity index (χ3n) is 4.78. The lowest BCUT2D eigenvalue weighted by atomic mass is 10.1. The number of aryl methyl sites for hydroxylation is 2. The third kappa shape index (κ3) is 4.99. The second-order valence-electron chi connectivity index (χ2n) is 6.44. The summed E-state index contributed by atoms with van der Waals surface area (Å²) in [6, 6.07) is 10.7. The Morgan fingerprint density at radius 3 is 1.41 bits per heavy atom. The van der Waals surface area contributed by atoms with E-state index >= 15 is 0 Å². The van der Waals surface area contributed by atoms with E-state index in [2.05, 4.69) is 0 Å². The average Bonchev–Trinajstić information content (AvgIpc) is 2.70. The molecule has 7 nitrogen and oxygen atoms in total. The maximum Gasteiger partial charge on any atom is 0.411 e. The number of nitrogens with zero attached hydrogens (tertiary/aromatic N) is 2. The van der Waals surface area contributed by atoms with E-state index in [4.69, 9.17) is 4.74 Å². The summed E-state index contributed by atoms with van der Waals surface area (Å²) in [5, 5.41) is 18.8. The lowest BCUT2D eigenvalue weighted by molar-refractivity contribution is 0.201. The largest absolute Gasteiger partial charge is 0.465 e. The predicted molar refractivity (Wildman–Crippen MR) is 114 cm³/mol. The molecule has 0 heterocycles. The van der Waals surface area contributed by atoms with Crippen molar-refractivity contribution < 1.29 is 24.5 Å². The summed E-state index contributed by atoms with van der Waals surface area (Å²) < 4.78 is 5.99. The molecule has 0 fully saturated rings. The number of carboxylic acid groups (broad SMARTS) is 2. The molecule has 0 aliphatic rings. The van der Waals surface area contributed by atoms with Gasteiger partial charge in [-0.3, -0.25) is 9.80 Å². The van der Waals surface area contributed by atoms with E-state index in [-0.39, 0.29) is 0 Å². The molecule has 0 radical (unpaired) electrons. The van der Waals surface area contributed by atoms with Crippen molar-refractivity contribution in [1.82, 2.24) is 0 Å². The van der Waals surface area contributed by atoms with Crippen LogP contribution in [0.2, 0.25) is 0 Å². The maximum atomic E-state index is 11.5. The quantitative estimate of drug-likeness (QED) is 0.601. The topological polar surface area (TPSA) is 90.3 Å². The summed E-state index contributed by atoms with van der Waals surface area (Å²) in [6.45, 7) is 8.24. The van der Waals surface area contributed by atoms with Crippen LogP contribution in [0.25, 0.3) is 0 Å². The summed E-state index contributed by atoms with van der Waals surface area (Å²) in [7, 11) is 0. The monoisotopic (exact) mass is 400 g/mol. The molecule has 2 aromatic carbocycles. The highest BCUT2D eigenvalue weighted by Gasteiger charge is 2.18. The minimum atomic E-state index is -0.988. The van der Waals surface area contributed by atoms with E-state index in [0.717, 1.165) is 11.1 Å². The van der Waals surface area contributed by atoms with E-state index in [1.807, 2.05) is 26.0 Å². The molecule has 0 bridgehead atoms. The highest BCUT2D eigenvalue weighted by atomic mass is 16.5. The molecule has 156 valence electrons. The normalized spacial score (nSPS) is 10.5. The smallest absolute Gasteiger partial charge is 0.411 e. The Hall–Kier alpha value is -3.22. The fourth-order valence-electron chi connectivity index (χ4n) is 3.30. The predicted octanol–water partition coefficient (Wildman–Crippen LogP) is 5.61. The van der Waals surface area contributed by atoms with Crippen LogP contribution in [0.5, 0.6) is 11.5 Å². The van der Waals surface area contributed by atoms with Crippen LogP contribution in [0.4, 0.5) is 21.0 Å². The van der Waals surface area contributed by atoms with Crippen LogP contribution in [0, 0.1) is 0 Å². The van der Waals surface area contributed by atoms with Crippen molar-refractivity contribution in [2.45, 2.75) is 40.5 Å². The zero-order chi connectivity index (χ0) is 21.6. The summed E-state index contributed by atoms with van der Waals surface area (Å²) in [5.74, 6) is 1.21. The first-order chi connectivity index (χ1) is 13.9. The first-order valence-electron chi connectivity index (χ1n) is 9.80. The number of carbonyl (C=O) groups is 2. The van der Waals surface area contributed by atoms with Crippen molar-refractivity contribution in [2.75, 3.05) is 22.9 Å². The highest BCUT2D eigenvalue weighted by Crippen LogP contribution is 2.32. The second-order valence-corrected chi connectivity index (χ2v) is 6.44. The highest BCUT2D eigenvalue weighted by molar-refractivity contribution is 5.88. The van der Waals surface area contributed by atoms with Gasteiger partial charge in [-0.1, -0.05) is 13.8 Å². The summed E-state index contributed by atoms with van der Waals surface area (Å²) in [6.07, 6.45) is -0.644. The van der Waals surface area contributed by atoms with Crippen molar-refractivity contribution >= 4 is 23.6 Å². The number of hydrogen-bond donors (Lipinski definition) is 2. The molecule has 0 saturated carbocycles. The van der Waals surface area contributed by atoms with Crippen LogP contribution in [-0.4, -0.2) is 35.5 Å². The Morgan fingerprint density at radius 2 is 1.14 bits per heavy atom. The first-order valence-corrected chi connectivity index (χ1v) is 9.80. The second kappa shape index (κ2) is 9.82. The van der Waals surface area contributed by atoms with Crippen molar-refractivity contribution in [3.05, 3.63) is 47.5 Å². The molecule has 0 atom stereocenters. The van der Waals surface area contributed by atoms with Gasteiger partial charge in [0.05, 0.1) is 11.4 Å². The molecule has 2 amide bonds. The van der Waals surface area contributed by atoms with Gasteiger partial charge in [0, 0.05) is 13.1 Å². The van der Waals surface area contributed by atoms with Crippen LogP contribution in [-0.2, 0) is 12.8 Å². The molecule has 29 heavy (non-hydrogen) atoms. The van der Waals surface area contributed by atoms with E-state index in [0.29, 0.717) is 48.8 Å². The van der Waals surface area contributed by atoms with E-state index in [1.54, 1.807) is 38.1 Å². The molecule has 0 aromatic heterocycles. The van der Waals surface area contributed by atoms with Crippen molar-refractivity contribution in [3.63, 3.8) is 0 Å². The lowest BCUT2D eigenvalue weighted by Gasteiger charge is -2.22. The maximum absolute atomic E-state index is 11.5. The minimum Gasteiger partial charge on any atom is -0.465 e. The van der Waals surface area contributed by atoms with Gasteiger partial charge in [-0.15, -0.1) is 0 Å². The SMILES string of the molecule is CCc1cc(Oc2ccc(N(CC)C(=O)O)c(CC)c2)ccc1N(CC)C(=O)O. The first kappa shape index (κ1) is 22.1. The van der Waals surface area contributed by atoms with Crippen LogP contribution in [0.1, 0.15) is 38.8 Å². The molecule has 2 aromatic rings. The fourth-order valence-corrected chi connectivity index (χ4v) is 3.30. The molecule has 0 unspecified atom stereocenters. The number of amides is 2. The van der Waals surface area contributed by atoms with Gasteiger partial charge >= 0.3 is 12.2 Å². The molecule has 2 rings (SSSR count). The number of rotatable bonds is 8. The van der Waals surface area contributed by atoms with Crippen LogP contribution >= 0.6 is 0 Å². The number of ether oxygens (including phenoxy) is 1. The van der Waals surface area contributed by atoms with Gasteiger partial charge in [-0.25, -0.2) is 9.59 Å². The number of anilines is 2. The third-order valence-corrected chi connectivity index (χ3v) is 4.78. The van der Waals surface area contributed by atoms with Crippen LogP contribution in [0.15, 0.2) is 36.4 Å². The van der Waals surface area contributed by atoms with Crippen molar-refractivity contribution in [1.29, 1.82) is 0 Å². The molecular weight excluding hydrogens is 372 g/mol. The van der Waals surface area contributed by atoms with Gasteiger partial charge in [-0.05, 0) is 74.2 Å². The molecule has 0 saturated heterocycles. The average molecular weight is 400 g/mol. The molecule has 0 aliphatic carbocycles. The number of benzene rings is 2. The zero-order valence-electron chi connectivity index (χ0n) is 17.3. The Bertz CT molecular complexity index is 810. The molecular formula is C22H28N2O5. The lowest BCUT2D eigenvalue weighted by Crippen LogP contribution is -2.29. The zero-order valence-corrected chi connectivity index (χ0v) is 17.3. The Balaban J connectivity index is 2.34. The molecule has 0 aliphatic heterocycles. The van der Waals surface area contributed by atoms with Crippen LogP contribution in [0.3, 0.4) is 0 Å². The van der Waals surface area contributed by atoms with Gasteiger partial charge < -0.3 is 14.9 Å². The van der Waals surface area contributed by atoms with E-state index in [1.165, 1.54) is 9.80 Å². The van der Waals surface area contributed by atoms with Gasteiger partial charge in [0.25, 0.3) is 0 Å². The van der Waals surface area contributed by atoms with Crippen LogP contribution < -0.4 is 14.5 Å². The molecule has 2 N–H and O–H groups in total. The minimum absolute atomic E-state index is 0.362. The standard InChI is InChI=1S/C22H28N2O5/c1-5-15-13-17(9-11-19(15)23(7-3)21(25)26)29-18-10-12-20(16(6-2)14-18)24(8-4)22(27)28/h9-14H,5-8H2,1-4H3,(H,25,26)(H,27,28). The summed E-state index contributed by atoms with van der Waals surface area (Å²) in [4.78, 5) is 25.5. The van der Waals surface area contributed by atoms with Crippen molar-refractivity contribution in [2.24, 2.45) is 0 Å². The van der Waals surface area contributed by atoms with Gasteiger partial charge in [0.15, 0.2) is 0 Å². The Kier molecular flexibility index (Phi) is 7.47. The van der Waals surface area contributed by atoms with Crippen molar-refractivity contribution in [3.8, 4) is 11.5 Å². The Morgan fingerprint density at radius 1 is 0.759 bits per heavy atom. The van der Waals surface area contributed by atoms with Gasteiger partial charge in [-0.2, -0.15) is 0 Å². The summed E-state index contributed by atoms with van der Waals surface area (Å²) >= 11 is 0. The van der Waals surface area contributed by atoms with E-state index < -0.39 is 12.2 Å². The summed E-state index contributed by atoms with van der Waals surface area (Å²) in [5.41, 5.74) is 3.06.